The number of carbonyl (C=O) groups excluding carboxylic acids is 2. The third kappa shape index (κ3) is 3.51. The molecule has 6 nitrogen and oxygen atoms in total. The highest BCUT2D eigenvalue weighted by atomic mass is 32.1. The minimum atomic E-state index is -0.251. The van der Waals surface area contributed by atoms with Gasteiger partial charge in [0.25, 0.3) is 5.91 Å². The first-order valence-corrected chi connectivity index (χ1v) is 6.71. The Labute approximate surface area is 109 Å². The standard InChI is InChI=1S/C11H16N4O2S/c1-6(16)14-11-15-9(5-18-11)10(17)13-4-8(12)7-2-3-7/h5,7-8H,2-4,12H2,1H3,(H,13,17)(H,14,15,16). The molecule has 98 valence electrons. The lowest BCUT2D eigenvalue weighted by Crippen LogP contribution is -2.38. The normalized spacial score (nSPS) is 16.1. The highest BCUT2D eigenvalue weighted by Gasteiger charge is 2.28. The molecule has 0 aliphatic heterocycles. The molecule has 1 heterocycles. The Morgan fingerprint density at radius 2 is 2.33 bits per heavy atom. The van der Waals surface area contributed by atoms with E-state index in [-0.39, 0.29) is 17.9 Å². The number of nitrogens with one attached hydrogen (secondary N) is 2. The number of amides is 2. The smallest absolute Gasteiger partial charge is 0.270 e. The molecule has 0 saturated heterocycles. The van der Waals surface area contributed by atoms with E-state index in [9.17, 15) is 9.59 Å². The summed E-state index contributed by atoms with van der Waals surface area (Å²) in [7, 11) is 0. The molecule has 1 unspecified atom stereocenters. The van der Waals surface area contributed by atoms with Crippen LogP contribution in [0.3, 0.4) is 0 Å². The Balaban J connectivity index is 1.84. The molecule has 0 bridgehead atoms. The van der Waals surface area contributed by atoms with Crippen molar-refractivity contribution < 1.29 is 9.59 Å². The highest BCUT2D eigenvalue weighted by Crippen LogP contribution is 2.31. The first-order chi connectivity index (χ1) is 8.56. The molecule has 1 fully saturated rings. The summed E-state index contributed by atoms with van der Waals surface area (Å²) >= 11 is 1.22. The van der Waals surface area contributed by atoms with Crippen LogP contribution in [0.15, 0.2) is 5.38 Å². The minimum Gasteiger partial charge on any atom is -0.349 e. The van der Waals surface area contributed by atoms with E-state index < -0.39 is 0 Å². The van der Waals surface area contributed by atoms with Crippen molar-refractivity contribution in [2.24, 2.45) is 11.7 Å². The molecule has 0 radical (unpaired) electrons. The Bertz CT molecular complexity index is 456. The Morgan fingerprint density at radius 1 is 1.61 bits per heavy atom. The monoisotopic (exact) mass is 268 g/mol. The summed E-state index contributed by atoms with van der Waals surface area (Å²) < 4.78 is 0. The van der Waals surface area contributed by atoms with Crippen molar-refractivity contribution in [3.63, 3.8) is 0 Å². The summed E-state index contributed by atoms with van der Waals surface area (Å²) in [4.78, 5) is 26.6. The van der Waals surface area contributed by atoms with Gasteiger partial charge in [-0.1, -0.05) is 0 Å². The lowest BCUT2D eigenvalue weighted by atomic mass is 10.2. The third-order valence-corrected chi connectivity index (χ3v) is 3.50. The minimum absolute atomic E-state index is 0.0300. The van der Waals surface area contributed by atoms with Crippen LogP contribution in [-0.2, 0) is 4.79 Å². The van der Waals surface area contributed by atoms with E-state index in [4.69, 9.17) is 5.73 Å². The fraction of sp³-hybridized carbons (Fsp3) is 0.545. The summed E-state index contributed by atoms with van der Waals surface area (Å²) in [5.74, 6) is 0.0988. The van der Waals surface area contributed by atoms with Crippen LogP contribution in [0.5, 0.6) is 0 Å². The molecule has 1 atom stereocenters. The zero-order chi connectivity index (χ0) is 13.1. The van der Waals surface area contributed by atoms with E-state index in [1.807, 2.05) is 0 Å². The second kappa shape index (κ2) is 5.45. The summed E-state index contributed by atoms with van der Waals surface area (Å²) in [5, 5.41) is 7.34. The Kier molecular flexibility index (Phi) is 3.93. The number of thiazole rings is 1. The van der Waals surface area contributed by atoms with Gasteiger partial charge in [-0.25, -0.2) is 4.98 Å². The van der Waals surface area contributed by atoms with Gasteiger partial charge in [-0.05, 0) is 18.8 Å². The molecule has 1 aliphatic carbocycles. The van der Waals surface area contributed by atoms with Crippen LogP contribution in [0.4, 0.5) is 5.13 Å². The summed E-state index contributed by atoms with van der Waals surface area (Å²) in [6.45, 7) is 1.87. The van der Waals surface area contributed by atoms with Gasteiger partial charge in [0.1, 0.15) is 5.69 Å². The van der Waals surface area contributed by atoms with Crippen LogP contribution in [-0.4, -0.2) is 29.4 Å². The molecule has 18 heavy (non-hydrogen) atoms. The average molecular weight is 268 g/mol. The lowest BCUT2D eigenvalue weighted by molar-refractivity contribution is -0.114. The first kappa shape index (κ1) is 13.0. The van der Waals surface area contributed by atoms with Crippen molar-refractivity contribution in [3.05, 3.63) is 11.1 Å². The van der Waals surface area contributed by atoms with Gasteiger partial charge in [0.2, 0.25) is 5.91 Å². The molecule has 0 aromatic carbocycles. The molecule has 4 N–H and O–H groups in total. The molecule has 2 amide bonds. The van der Waals surface area contributed by atoms with Crippen LogP contribution in [0.1, 0.15) is 30.3 Å². The van der Waals surface area contributed by atoms with Crippen LogP contribution in [0.2, 0.25) is 0 Å². The highest BCUT2D eigenvalue weighted by molar-refractivity contribution is 7.14. The molecule has 2 rings (SSSR count). The van der Waals surface area contributed by atoms with Gasteiger partial charge in [-0.3, -0.25) is 9.59 Å². The van der Waals surface area contributed by atoms with E-state index in [1.165, 1.54) is 18.3 Å². The molecule has 1 aliphatic rings. The molecular weight excluding hydrogens is 252 g/mol. The summed E-state index contributed by atoms with van der Waals surface area (Å²) in [6, 6.07) is 0.0300. The van der Waals surface area contributed by atoms with Crippen molar-refractivity contribution in [2.75, 3.05) is 11.9 Å². The number of nitrogens with zero attached hydrogens (tertiary/aromatic N) is 1. The summed E-state index contributed by atoms with van der Waals surface area (Å²) in [6.07, 6.45) is 2.31. The molecular formula is C11H16N4O2S. The topological polar surface area (TPSA) is 97.1 Å². The van der Waals surface area contributed by atoms with E-state index in [0.29, 0.717) is 23.3 Å². The largest absolute Gasteiger partial charge is 0.349 e. The molecule has 1 aromatic rings. The number of nitrogens with two attached hydrogens (primary N) is 1. The number of hydrogen-bond acceptors (Lipinski definition) is 5. The maximum absolute atomic E-state index is 11.8. The average Bonchev–Trinajstić information content (AvgIpc) is 3.06. The van der Waals surface area contributed by atoms with Gasteiger partial charge in [0.15, 0.2) is 5.13 Å². The number of carbonyl (C=O) groups is 2. The second-order valence-corrected chi connectivity index (χ2v) is 5.29. The fourth-order valence-electron chi connectivity index (χ4n) is 1.58. The predicted molar refractivity (Wildman–Crippen MR) is 69.5 cm³/mol. The van der Waals surface area contributed by atoms with E-state index in [2.05, 4.69) is 15.6 Å². The Morgan fingerprint density at radius 3 is 2.94 bits per heavy atom. The summed E-state index contributed by atoms with van der Waals surface area (Å²) in [5.41, 5.74) is 6.20. The molecule has 0 spiro atoms. The second-order valence-electron chi connectivity index (χ2n) is 4.43. The van der Waals surface area contributed by atoms with Crippen molar-refractivity contribution >= 4 is 28.3 Å². The van der Waals surface area contributed by atoms with Gasteiger partial charge >= 0.3 is 0 Å². The zero-order valence-corrected chi connectivity index (χ0v) is 10.9. The number of aromatic nitrogens is 1. The van der Waals surface area contributed by atoms with Crippen LogP contribution >= 0.6 is 11.3 Å². The van der Waals surface area contributed by atoms with Crippen molar-refractivity contribution in [3.8, 4) is 0 Å². The quantitative estimate of drug-likeness (QED) is 0.727. The first-order valence-electron chi connectivity index (χ1n) is 5.83. The van der Waals surface area contributed by atoms with E-state index in [0.717, 1.165) is 12.8 Å². The van der Waals surface area contributed by atoms with E-state index in [1.54, 1.807) is 5.38 Å². The van der Waals surface area contributed by atoms with Gasteiger partial charge in [-0.15, -0.1) is 11.3 Å². The molecule has 1 saturated carbocycles. The van der Waals surface area contributed by atoms with Crippen LogP contribution < -0.4 is 16.4 Å². The lowest BCUT2D eigenvalue weighted by Gasteiger charge is -2.10. The number of hydrogen-bond donors (Lipinski definition) is 3. The number of rotatable bonds is 5. The van der Waals surface area contributed by atoms with Crippen LogP contribution in [0, 0.1) is 5.92 Å². The van der Waals surface area contributed by atoms with Crippen molar-refractivity contribution in [1.29, 1.82) is 0 Å². The maximum atomic E-state index is 11.8. The molecule has 7 heteroatoms. The molecule has 1 aromatic heterocycles. The Hall–Kier alpha value is -1.47. The SMILES string of the molecule is CC(=O)Nc1nc(C(=O)NCC(N)C2CC2)cs1. The van der Waals surface area contributed by atoms with Gasteiger partial charge in [-0.2, -0.15) is 0 Å². The zero-order valence-electron chi connectivity index (χ0n) is 10.1. The van der Waals surface area contributed by atoms with Gasteiger partial charge < -0.3 is 16.4 Å². The van der Waals surface area contributed by atoms with Gasteiger partial charge in [0.05, 0.1) is 0 Å². The fourth-order valence-corrected chi connectivity index (χ4v) is 2.31. The van der Waals surface area contributed by atoms with Crippen LogP contribution in [0.25, 0.3) is 0 Å². The van der Waals surface area contributed by atoms with Gasteiger partial charge in [0, 0.05) is 24.9 Å². The predicted octanol–water partition coefficient (Wildman–Crippen LogP) is 0.569. The van der Waals surface area contributed by atoms with E-state index >= 15 is 0 Å². The van der Waals surface area contributed by atoms with Crippen molar-refractivity contribution in [2.45, 2.75) is 25.8 Å². The maximum Gasteiger partial charge on any atom is 0.270 e. The van der Waals surface area contributed by atoms with Crippen molar-refractivity contribution in [1.82, 2.24) is 10.3 Å². The number of anilines is 1. The third-order valence-electron chi connectivity index (χ3n) is 2.75.